The zero-order valence-electron chi connectivity index (χ0n) is 8.49. The van der Waals surface area contributed by atoms with Crippen LogP contribution in [0.25, 0.3) is 0 Å². The van der Waals surface area contributed by atoms with E-state index in [0.717, 1.165) is 13.0 Å². The summed E-state index contributed by atoms with van der Waals surface area (Å²) in [5, 5.41) is 8.18. The lowest BCUT2D eigenvalue weighted by molar-refractivity contribution is 0.273. The van der Waals surface area contributed by atoms with Crippen LogP contribution in [0.2, 0.25) is 0 Å². The lowest BCUT2D eigenvalue weighted by Crippen LogP contribution is -2.49. The minimum atomic E-state index is -3.55. The number of rotatable bonds is 4. The molecule has 6 heteroatoms. The van der Waals surface area contributed by atoms with E-state index in [1.807, 2.05) is 0 Å². The molecule has 14 heavy (non-hydrogen) atoms. The van der Waals surface area contributed by atoms with Crippen LogP contribution in [-0.4, -0.2) is 27.5 Å². The maximum absolute atomic E-state index is 10.7. The molecule has 0 aliphatic carbocycles. The molecule has 1 aliphatic rings. The fraction of sp³-hybridized carbons (Fsp3) is 1.00. The van der Waals surface area contributed by atoms with Gasteiger partial charge in [0.2, 0.25) is 0 Å². The Morgan fingerprint density at radius 1 is 1.57 bits per heavy atom. The molecule has 0 spiro atoms. The molecule has 2 unspecified atom stereocenters. The molecule has 84 valence electrons. The van der Waals surface area contributed by atoms with E-state index in [1.54, 1.807) is 0 Å². The minimum Gasteiger partial charge on any atom is -0.312 e. The molecule has 5 nitrogen and oxygen atoms in total. The molecule has 1 aliphatic heterocycles. The maximum atomic E-state index is 10.7. The van der Waals surface area contributed by atoms with Crippen LogP contribution >= 0.6 is 0 Å². The summed E-state index contributed by atoms with van der Waals surface area (Å²) in [6.45, 7) is 3.49. The largest absolute Gasteiger partial charge is 0.312 e. The van der Waals surface area contributed by atoms with Gasteiger partial charge in [-0.1, -0.05) is 13.3 Å². The molecule has 0 amide bonds. The van der Waals surface area contributed by atoms with Gasteiger partial charge in [0, 0.05) is 12.6 Å². The first-order valence-corrected chi connectivity index (χ1v) is 6.58. The van der Waals surface area contributed by atoms with E-state index < -0.39 is 10.2 Å². The molecule has 1 fully saturated rings. The van der Waals surface area contributed by atoms with E-state index in [1.165, 1.54) is 12.8 Å². The van der Waals surface area contributed by atoms with Gasteiger partial charge < -0.3 is 5.32 Å². The Morgan fingerprint density at radius 3 is 2.86 bits per heavy atom. The van der Waals surface area contributed by atoms with Gasteiger partial charge in [-0.25, -0.2) is 9.86 Å². The number of nitrogens with two attached hydrogens (primary N) is 1. The lowest BCUT2D eigenvalue weighted by atomic mass is 9.89. The van der Waals surface area contributed by atoms with E-state index in [2.05, 4.69) is 17.0 Å². The molecule has 2 atom stereocenters. The quantitative estimate of drug-likeness (QED) is 0.601. The summed E-state index contributed by atoms with van der Waals surface area (Å²) < 4.78 is 23.8. The molecule has 0 aromatic heterocycles. The van der Waals surface area contributed by atoms with Gasteiger partial charge in [-0.15, -0.1) is 0 Å². The van der Waals surface area contributed by atoms with E-state index >= 15 is 0 Å². The summed E-state index contributed by atoms with van der Waals surface area (Å²) in [6, 6.07) is 0.229. The van der Waals surface area contributed by atoms with Crippen molar-refractivity contribution in [3.05, 3.63) is 0 Å². The van der Waals surface area contributed by atoms with Crippen molar-refractivity contribution in [3.63, 3.8) is 0 Å². The van der Waals surface area contributed by atoms with Gasteiger partial charge in [0.25, 0.3) is 10.2 Å². The Hall–Kier alpha value is -0.170. The van der Waals surface area contributed by atoms with Gasteiger partial charge in [-0.05, 0) is 25.3 Å². The third-order valence-corrected chi connectivity index (χ3v) is 3.33. The SMILES string of the molecule is CCC1CCCNC1CNS(N)(=O)=O. The van der Waals surface area contributed by atoms with Crippen molar-refractivity contribution >= 4 is 10.2 Å². The van der Waals surface area contributed by atoms with Crippen molar-refractivity contribution in [1.82, 2.24) is 10.0 Å². The van der Waals surface area contributed by atoms with Gasteiger partial charge >= 0.3 is 0 Å². The number of hydrogen-bond acceptors (Lipinski definition) is 3. The van der Waals surface area contributed by atoms with E-state index in [-0.39, 0.29) is 6.04 Å². The van der Waals surface area contributed by atoms with Crippen LogP contribution in [0.5, 0.6) is 0 Å². The summed E-state index contributed by atoms with van der Waals surface area (Å²) in [7, 11) is -3.55. The van der Waals surface area contributed by atoms with Crippen molar-refractivity contribution in [1.29, 1.82) is 0 Å². The molecule has 1 rings (SSSR count). The second-order valence-electron chi connectivity index (χ2n) is 3.76. The molecule has 0 bridgehead atoms. The summed E-state index contributed by atoms with van der Waals surface area (Å²) in [6.07, 6.45) is 3.41. The summed E-state index contributed by atoms with van der Waals surface area (Å²) in [5.41, 5.74) is 0. The summed E-state index contributed by atoms with van der Waals surface area (Å²) >= 11 is 0. The minimum absolute atomic E-state index is 0.229. The van der Waals surface area contributed by atoms with Gasteiger partial charge in [0.05, 0.1) is 0 Å². The molecular formula is C8H19N3O2S. The lowest BCUT2D eigenvalue weighted by Gasteiger charge is -2.31. The smallest absolute Gasteiger partial charge is 0.274 e. The third-order valence-electron chi connectivity index (χ3n) is 2.76. The van der Waals surface area contributed by atoms with Crippen LogP contribution in [0.15, 0.2) is 0 Å². The highest BCUT2D eigenvalue weighted by atomic mass is 32.2. The zero-order chi connectivity index (χ0) is 10.6. The van der Waals surface area contributed by atoms with Crippen molar-refractivity contribution in [2.24, 2.45) is 11.1 Å². The highest BCUT2D eigenvalue weighted by Crippen LogP contribution is 2.19. The molecule has 0 aromatic rings. The monoisotopic (exact) mass is 221 g/mol. The predicted molar refractivity (Wildman–Crippen MR) is 55.9 cm³/mol. The number of hydrogen-bond donors (Lipinski definition) is 3. The average molecular weight is 221 g/mol. The van der Waals surface area contributed by atoms with E-state index in [4.69, 9.17) is 5.14 Å². The molecule has 4 N–H and O–H groups in total. The van der Waals surface area contributed by atoms with Crippen molar-refractivity contribution in [3.8, 4) is 0 Å². The second kappa shape index (κ2) is 5.06. The topological polar surface area (TPSA) is 84.2 Å². The zero-order valence-corrected chi connectivity index (χ0v) is 9.31. The van der Waals surface area contributed by atoms with Crippen molar-refractivity contribution in [2.75, 3.05) is 13.1 Å². The highest BCUT2D eigenvalue weighted by molar-refractivity contribution is 7.87. The van der Waals surface area contributed by atoms with Gasteiger partial charge in [0.15, 0.2) is 0 Å². The number of nitrogens with one attached hydrogen (secondary N) is 2. The van der Waals surface area contributed by atoms with Crippen LogP contribution in [0.1, 0.15) is 26.2 Å². The third kappa shape index (κ3) is 3.91. The molecule has 1 saturated heterocycles. The number of piperidine rings is 1. The van der Waals surface area contributed by atoms with Crippen LogP contribution in [0, 0.1) is 5.92 Å². The van der Waals surface area contributed by atoms with E-state index in [0.29, 0.717) is 12.5 Å². The van der Waals surface area contributed by atoms with Gasteiger partial charge in [0.1, 0.15) is 0 Å². The average Bonchev–Trinajstić information content (AvgIpc) is 2.14. The normalized spacial score (nSPS) is 29.0. The van der Waals surface area contributed by atoms with Gasteiger partial charge in [-0.2, -0.15) is 8.42 Å². The maximum Gasteiger partial charge on any atom is 0.274 e. The Balaban J connectivity index is 2.41. The van der Waals surface area contributed by atoms with Crippen molar-refractivity contribution < 1.29 is 8.42 Å². The van der Waals surface area contributed by atoms with Crippen LogP contribution < -0.4 is 15.2 Å². The Morgan fingerprint density at radius 2 is 2.29 bits per heavy atom. The summed E-state index contributed by atoms with van der Waals surface area (Å²) in [4.78, 5) is 0. The first-order chi connectivity index (χ1) is 6.53. The fourth-order valence-electron chi connectivity index (χ4n) is 1.95. The highest BCUT2D eigenvalue weighted by Gasteiger charge is 2.23. The first kappa shape index (κ1) is 11.9. The molecule has 0 radical (unpaired) electrons. The Kier molecular flexibility index (Phi) is 4.31. The molecule has 0 aromatic carbocycles. The molecule has 1 heterocycles. The first-order valence-electron chi connectivity index (χ1n) is 5.03. The molecular weight excluding hydrogens is 202 g/mol. The second-order valence-corrected chi connectivity index (χ2v) is 5.14. The Bertz CT molecular complexity index is 266. The predicted octanol–water partition coefficient (Wildman–Crippen LogP) is -0.442. The fourth-order valence-corrected chi connectivity index (χ4v) is 2.36. The van der Waals surface area contributed by atoms with Crippen LogP contribution in [-0.2, 0) is 10.2 Å². The van der Waals surface area contributed by atoms with Crippen LogP contribution in [0.3, 0.4) is 0 Å². The van der Waals surface area contributed by atoms with Gasteiger partial charge in [-0.3, -0.25) is 0 Å². The summed E-state index contributed by atoms with van der Waals surface area (Å²) in [5.74, 6) is 0.554. The standard InChI is InChI=1S/C8H19N3O2S/c1-2-7-4-3-5-10-8(7)6-11-14(9,12)13/h7-8,10-11H,2-6H2,1H3,(H2,9,12,13). The molecule has 0 saturated carbocycles. The van der Waals surface area contributed by atoms with E-state index in [9.17, 15) is 8.42 Å². The van der Waals surface area contributed by atoms with Crippen molar-refractivity contribution in [2.45, 2.75) is 32.2 Å². The van der Waals surface area contributed by atoms with Crippen LogP contribution in [0.4, 0.5) is 0 Å². The Labute approximate surface area is 85.6 Å².